The van der Waals surface area contributed by atoms with Crippen LogP contribution >= 0.6 is 22.9 Å². The molecule has 134 valence electrons. The Morgan fingerprint density at radius 2 is 2.08 bits per heavy atom. The Labute approximate surface area is 158 Å². The van der Waals surface area contributed by atoms with Crippen LogP contribution in [0.4, 0.5) is 9.52 Å². The molecule has 3 aromatic rings. The van der Waals surface area contributed by atoms with Crippen molar-refractivity contribution in [2.45, 2.75) is 0 Å². The second-order valence-corrected chi connectivity index (χ2v) is 6.42. The molecule has 0 bridgehead atoms. The van der Waals surface area contributed by atoms with Gasteiger partial charge in [-0.2, -0.15) is 0 Å². The van der Waals surface area contributed by atoms with Crippen molar-refractivity contribution in [2.75, 3.05) is 19.0 Å². The molecule has 0 radical (unpaired) electrons. The van der Waals surface area contributed by atoms with E-state index in [1.54, 1.807) is 36.8 Å². The number of halogens is 2. The summed E-state index contributed by atoms with van der Waals surface area (Å²) in [4.78, 5) is 16.3. The Morgan fingerprint density at radius 1 is 1.27 bits per heavy atom. The predicted octanol–water partition coefficient (Wildman–Crippen LogP) is 4.63. The Morgan fingerprint density at radius 3 is 2.81 bits per heavy atom. The number of ether oxygens (including phenoxy) is 2. The number of methoxy groups -OCH3 is 1. The van der Waals surface area contributed by atoms with Gasteiger partial charge in [0.25, 0.3) is 5.91 Å². The second kappa shape index (κ2) is 8.16. The Bertz CT molecular complexity index is 932. The normalized spacial score (nSPS) is 10.4. The molecule has 1 N–H and O–H groups in total. The second-order valence-electron chi connectivity index (χ2n) is 5.15. The number of amides is 1. The molecule has 26 heavy (non-hydrogen) atoms. The maximum Gasteiger partial charge on any atom is 0.264 e. The first-order valence-electron chi connectivity index (χ1n) is 7.53. The van der Waals surface area contributed by atoms with E-state index >= 15 is 0 Å². The van der Waals surface area contributed by atoms with Gasteiger partial charge in [-0.05, 0) is 30.3 Å². The molecular formula is C18H14ClFN2O3S. The number of carbonyl (C=O) groups is 1. The molecule has 0 spiro atoms. The quantitative estimate of drug-likeness (QED) is 0.664. The number of carbonyl (C=O) groups excluding carboxylic acids is 1. The standard InChI is InChI=1S/C18H14ClFN2O3S/c1-24-15-7-6-11(8-12(15)19)14-10-26-18(21-14)22-17(23)9-25-16-5-3-2-4-13(16)20/h2-8,10H,9H2,1H3,(H,21,22,23). The fraction of sp³-hybridized carbons (Fsp3) is 0.111. The predicted molar refractivity (Wildman–Crippen MR) is 99.6 cm³/mol. The molecule has 2 aromatic carbocycles. The molecule has 5 nitrogen and oxygen atoms in total. The van der Waals surface area contributed by atoms with Crippen molar-refractivity contribution in [3.05, 3.63) is 58.7 Å². The Kier molecular flexibility index (Phi) is 5.70. The van der Waals surface area contributed by atoms with Crippen molar-refractivity contribution >= 4 is 34.0 Å². The molecule has 1 aromatic heterocycles. The third kappa shape index (κ3) is 4.30. The lowest BCUT2D eigenvalue weighted by atomic mass is 10.2. The van der Waals surface area contributed by atoms with Gasteiger partial charge < -0.3 is 9.47 Å². The van der Waals surface area contributed by atoms with E-state index in [1.165, 1.54) is 23.5 Å². The smallest absolute Gasteiger partial charge is 0.264 e. The largest absolute Gasteiger partial charge is 0.495 e. The number of para-hydroxylation sites is 1. The Hall–Kier alpha value is -2.64. The summed E-state index contributed by atoms with van der Waals surface area (Å²) in [6.07, 6.45) is 0. The third-order valence-electron chi connectivity index (χ3n) is 3.39. The van der Waals surface area contributed by atoms with Crippen LogP contribution in [0.5, 0.6) is 11.5 Å². The average molecular weight is 393 g/mol. The van der Waals surface area contributed by atoms with Crippen LogP contribution in [-0.4, -0.2) is 24.6 Å². The molecule has 0 unspecified atom stereocenters. The van der Waals surface area contributed by atoms with Crippen LogP contribution in [0.3, 0.4) is 0 Å². The number of anilines is 1. The Balaban J connectivity index is 1.62. The highest BCUT2D eigenvalue weighted by Crippen LogP contribution is 2.31. The zero-order valence-electron chi connectivity index (χ0n) is 13.7. The first-order valence-corrected chi connectivity index (χ1v) is 8.79. The SMILES string of the molecule is COc1ccc(-c2csc(NC(=O)COc3ccccc3F)n2)cc1Cl. The van der Waals surface area contributed by atoms with Gasteiger partial charge in [0.2, 0.25) is 0 Å². The van der Waals surface area contributed by atoms with Crippen LogP contribution in [0.2, 0.25) is 5.02 Å². The number of hydrogen-bond donors (Lipinski definition) is 1. The van der Waals surface area contributed by atoms with Crippen molar-refractivity contribution in [3.63, 3.8) is 0 Å². The van der Waals surface area contributed by atoms with Crippen molar-refractivity contribution in [3.8, 4) is 22.8 Å². The monoisotopic (exact) mass is 392 g/mol. The number of rotatable bonds is 6. The molecule has 8 heteroatoms. The molecule has 0 saturated heterocycles. The van der Waals surface area contributed by atoms with Crippen molar-refractivity contribution in [1.29, 1.82) is 0 Å². The zero-order valence-corrected chi connectivity index (χ0v) is 15.2. The van der Waals surface area contributed by atoms with Gasteiger partial charge in [-0.15, -0.1) is 11.3 Å². The van der Waals surface area contributed by atoms with Gasteiger partial charge in [-0.1, -0.05) is 23.7 Å². The maximum absolute atomic E-state index is 13.5. The van der Waals surface area contributed by atoms with Crippen LogP contribution in [0, 0.1) is 5.82 Å². The minimum atomic E-state index is -0.520. The summed E-state index contributed by atoms with van der Waals surface area (Å²) >= 11 is 7.38. The molecule has 1 amide bonds. The summed E-state index contributed by atoms with van der Waals surface area (Å²) in [5.74, 6) is -0.352. The average Bonchev–Trinajstić information content (AvgIpc) is 3.09. The van der Waals surface area contributed by atoms with Crippen molar-refractivity contribution < 1.29 is 18.7 Å². The van der Waals surface area contributed by atoms with Gasteiger partial charge in [-0.3, -0.25) is 10.1 Å². The summed E-state index contributed by atoms with van der Waals surface area (Å²) in [6.45, 7) is -0.315. The number of hydrogen-bond acceptors (Lipinski definition) is 5. The van der Waals surface area contributed by atoms with Gasteiger partial charge in [0.15, 0.2) is 23.3 Å². The highest BCUT2D eigenvalue weighted by molar-refractivity contribution is 7.14. The topological polar surface area (TPSA) is 60.5 Å². The lowest BCUT2D eigenvalue weighted by Gasteiger charge is -2.06. The highest BCUT2D eigenvalue weighted by atomic mass is 35.5. The summed E-state index contributed by atoms with van der Waals surface area (Å²) in [6, 6.07) is 11.2. The lowest BCUT2D eigenvalue weighted by molar-refractivity contribution is -0.118. The molecule has 0 aliphatic heterocycles. The molecule has 3 rings (SSSR count). The molecule has 0 fully saturated rings. The fourth-order valence-electron chi connectivity index (χ4n) is 2.15. The fourth-order valence-corrected chi connectivity index (χ4v) is 3.14. The van der Waals surface area contributed by atoms with E-state index in [2.05, 4.69) is 10.3 Å². The van der Waals surface area contributed by atoms with Gasteiger partial charge in [0, 0.05) is 10.9 Å². The summed E-state index contributed by atoms with van der Waals surface area (Å²) in [7, 11) is 1.54. The summed E-state index contributed by atoms with van der Waals surface area (Å²) < 4.78 is 23.7. The summed E-state index contributed by atoms with van der Waals surface area (Å²) in [5, 5.41) is 5.30. The number of thiazole rings is 1. The van der Waals surface area contributed by atoms with Gasteiger partial charge >= 0.3 is 0 Å². The van der Waals surface area contributed by atoms with Crippen LogP contribution < -0.4 is 14.8 Å². The molecule has 0 aliphatic rings. The third-order valence-corrected chi connectivity index (χ3v) is 4.45. The van der Waals surface area contributed by atoms with E-state index in [0.29, 0.717) is 21.6 Å². The minimum Gasteiger partial charge on any atom is -0.495 e. The van der Waals surface area contributed by atoms with Gasteiger partial charge in [0.05, 0.1) is 17.8 Å². The van der Waals surface area contributed by atoms with Crippen molar-refractivity contribution in [2.24, 2.45) is 0 Å². The zero-order chi connectivity index (χ0) is 18.5. The highest BCUT2D eigenvalue weighted by Gasteiger charge is 2.11. The van der Waals surface area contributed by atoms with E-state index in [-0.39, 0.29) is 12.4 Å². The minimum absolute atomic E-state index is 0.0235. The number of nitrogens with zero attached hydrogens (tertiary/aromatic N) is 1. The first kappa shape index (κ1) is 18.2. The number of aromatic nitrogens is 1. The summed E-state index contributed by atoms with van der Waals surface area (Å²) in [5.41, 5.74) is 1.47. The molecule has 0 atom stereocenters. The molecule has 1 heterocycles. The van der Waals surface area contributed by atoms with Gasteiger partial charge in [0.1, 0.15) is 5.75 Å². The molecular weight excluding hydrogens is 379 g/mol. The van der Waals surface area contributed by atoms with E-state index < -0.39 is 11.7 Å². The van der Waals surface area contributed by atoms with Crippen LogP contribution in [-0.2, 0) is 4.79 Å². The van der Waals surface area contributed by atoms with Gasteiger partial charge in [-0.25, -0.2) is 9.37 Å². The van der Waals surface area contributed by atoms with Crippen LogP contribution in [0.25, 0.3) is 11.3 Å². The van der Waals surface area contributed by atoms with E-state index in [9.17, 15) is 9.18 Å². The van der Waals surface area contributed by atoms with E-state index in [4.69, 9.17) is 21.1 Å². The van der Waals surface area contributed by atoms with E-state index in [1.807, 2.05) is 6.07 Å². The number of nitrogens with one attached hydrogen (secondary N) is 1. The number of benzene rings is 2. The van der Waals surface area contributed by atoms with Crippen LogP contribution in [0.15, 0.2) is 47.8 Å². The lowest BCUT2D eigenvalue weighted by Crippen LogP contribution is -2.20. The molecule has 0 aliphatic carbocycles. The maximum atomic E-state index is 13.5. The van der Waals surface area contributed by atoms with Crippen LogP contribution in [0.1, 0.15) is 0 Å². The first-order chi connectivity index (χ1) is 12.6. The van der Waals surface area contributed by atoms with Crippen molar-refractivity contribution in [1.82, 2.24) is 4.98 Å². The van der Waals surface area contributed by atoms with E-state index in [0.717, 1.165) is 5.56 Å². The molecule has 0 saturated carbocycles.